The van der Waals surface area contributed by atoms with E-state index in [1.165, 1.54) is 12.1 Å². The number of non-ortho nitro benzene ring substituents is 1. The largest absolute Gasteiger partial charge is 0.379 e. The van der Waals surface area contributed by atoms with E-state index in [1.807, 2.05) is 0 Å². The van der Waals surface area contributed by atoms with Crippen molar-refractivity contribution in [1.29, 1.82) is 0 Å². The Balaban J connectivity index is 1.87. The average Bonchev–Trinajstić information content (AvgIpc) is 2.87. The molecule has 0 atom stereocenters. The zero-order valence-corrected chi connectivity index (χ0v) is 20.0. The van der Waals surface area contributed by atoms with Crippen LogP contribution in [0.1, 0.15) is 0 Å². The first kappa shape index (κ1) is 30.9. The van der Waals surface area contributed by atoms with Crippen LogP contribution >= 0.6 is 0 Å². The fourth-order valence-electron chi connectivity index (χ4n) is 2.54. The molecule has 1 N–H and O–H groups in total. The van der Waals surface area contributed by atoms with Gasteiger partial charge in [0.2, 0.25) is 0 Å². The smallest absolute Gasteiger partial charge is 0.299 e. The van der Waals surface area contributed by atoms with Gasteiger partial charge >= 0.3 is 0 Å². The van der Waals surface area contributed by atoms with Crippen molar-refractivity contribution >= 4 is 17.1 Å². The molecule has 1 aromatic carbocycles. The maximum atomic E-state index is 11.1. The number of hydrogen-bond acceptors (Lipinski definition) is 12. The number of ether oxygens (including phenoxy) is 6. The molecule has 0 saturated heterocycles. The number of nitro groups is 2. The Kier molecular flexibility index (Phi) is 18.2. The van der Waals surface area contributed by atoms with Gasteiger partial charge in [-0.3, -0.25) is 20.2 Å². The van der Waals surface area contributed by atoms with Crippen LogP contribution in [0, 0.1) is 20.2 Å². The number of nitro benzene ring substituents is 2. The molecule has 36 heavy (non-hydrogen) atoms. The molecule has 0 aromatic heterocycles. The van der Waals surface area contributed by atoms with Crippen LogP contribution in [0.2, 0.25) is 0 Å². The van der Waals surface area contributed by atoms with Crippen LogP contribution in [0.5, 0.6) is 0 Å². The summed E-state index contributed by atoms with van der Waals surface area (Å²) in [5, 5.41) is 28.0. The lowest BCUT2D eigenvalue weighted by atomic mass is 10.2. The molecular weight excluding hydrogens is 484 g/mol. The Morgan fingerprint density at radius 1 is 0.750 bits per heavy atom. The molecule has 0 aliphatic carbocycles. The van der Waals surface area contributed by atoms with Crippen LogP contribution in [0.4, 0.5) is 17.1 Å². The third-order valence-corrected chi connectivity index (χ3v) is 4.21. The van der Waals surface area contributed by atoms with Gasteiger partial charge in [-0.05, 0) is 11.6 Å². The van der Waals surface area contributed by atoms with E-state index < -0.39 is 9.85 Å². The second-order valence-corrected chi connectivity index (χ2v) is 6.77. The van der Waals surface area contributed by atoms with E-state index in [9.17, 15) is 20.2 Å². The van der Waals surface area contributed by atoms with Gasteiger partial charge in [-0.25, -0.2) is 0 Å². The number of hydrogen-bond donors (Lipinski definition) is 1. The van der Waals surface area contributed by atoms with Gasteiger partial charge in [-0.2, -0.15) is 0 Å². The molecule has 0 radical (unpaired) electrons. The van der Waals surface area contributed by atoms with E-state index in [1.54, 1.807) is 0 Å². The lowest BCUT2D eigenvalue weighted by Gasteiger charge is -2.09. The monoisotopic (exact) mass is 516 g/mol. The third-order valence-electron chi connectivity index (χ3n) is 4.21. The molecule has 0 unspecified atom stereocenters. The second-order valence-electron chi connectivity index (χ2n) is 6.77. The van der Waals surface area contributed by atoms with Crippen molar-refractivity contribution in [3.63, 3.8) is 0 Å². The Morgan fingerprint density at radius 2 is 1.22 bits per heavy atom. The fraction of sp³-hybridized carbons (Fsp3) is 0.700. The summed E-state index contributed by atoms with van der Waals surface area (Å²) in [4.78, 5) is 23.1. The number of benzene rings is 1. The first-order chi connectivity index (χ1) is 17.6. The highest BCUT2D eigenvalue weighted by molar-refractivity contribution is 5.65. The molecule has 0 amide bonds. The van der Waals surface area contributed by atoms with Gasteiger partial charge in [0, 0.05) is 24.1 Å². The quantitative estimate of drug-likeness (QED) is 0.0527. The maximum absolute atomic E-state index is 11.1. The van der Waals surface area contributed by atoms with Crippen LogP contribution in [-0.4, -0.2) is 102 Å². The third kappa shape index (κ3) is 15.7. The molecule has 0 saturated carbocycles. The zero-order valence-electron chi connectivity index (χ0n) is 20.0. The summed E-state index contributed by atoms with van der Waals surface area (Å²) in [6, 6.07) is 3.41. The van der Waals surface area contributed by atoms with Crippen molar-refractivity contribution in [2.75, 3.05) is 97.7 Å². The van der Waals surface area contributed by atoms with E-state index in [0.717, 1.165) is 6.07 Å². The first-order valence-corrected chi connectivity index (χ1v) is 11.2. The minimum absolute atomic E-state index is 0.184. The van der Waals surface area contributed by atoms with E-state index in [4.69, 9.17) is 34.0 Å². The molecular formula is C20H32N6O10. The van der Waals surface area contributed by atoms with Gasteiger partial charge in [-0.1, -0.05) is 5.11 Å². The first-order valence-electron chi connectivity index (χ1n) is 11.2. The molecule has 0 spiro atoms. The van der Waals surface area contributed by atoms with Crippen molar-refractivity contribution < 1.29 is 38.3 Å². The molecule has 16 nitrogen and oxygen atoms in total. The van der Waals surface area contributed by atoms with Crippen molar-refractivity contribution in [3.8, 4) is 0 Å². The van der Waals surface area contributed by atoms with Gasteiger partial charge < -0.3 is 33.7 Å². The van der Waals surface area contributed by atoms with E-state index in [0.29, 0.717) is 85.8 Å². The number of nitrogens with zero attached hydrogens (tertiary/aromatic N) is 5. The standard InChI is InChI=1S/C20H32N6O10/c21-24-23-4-6-32-8-10-34-12-14-36-16-15-35-13-11-33-9-7-31-5-3-22-19-2-1-18(25(27)28)17-20(19)26(29)30/h1-2,17,22H,3-16H2. The van der Waals surface area contributed by atoms with Crippen molar-refractivity contribution in [1.82, 2.24) is 0 Å². The summed E-state index contributed by atoms with van der Waals surface area (Å²) < 4.78 is 32.0. The fourth-order valence-corrected chi connectivity index (χ4v) is 2.54. The summed E-state index contributed by atoms with van der Waals surface area (Å²) in [5.41, 5.74) is 7.57. The molecule has 0 bridgehead atoms. The Labute approximate surface area is 207 Å². The summed E-state index contributed by atoms with van der Waals surface area (Å²) >= 11 is 0. The highest BCUT2D eigenvalue weighted by atomic mass is 16.6. The van der Waals surface area contributed by atoms with Crippen LogP contribution in [0.15, 0.2) is 23.3 Å². The van der Waals surface area contributed by atoms with E-state index in [2.05, 4.69) is 15.3 Å². The predicted molar refractivity (Wildman–Crippen MR) is 127 cm³/mol. The zero-order chi connectivity index (χ0) is 26.3. The summed E-state index contributed by atoms with van der Waals surface area (Å²) in [6.45, 7) is 5.40. The van der Waals surface area contributed by atoms with Crippen LogP contribution in [0.25, 0.3) is 10.4 Å². The topological polar surface area (TPSA) is 202 Å². The molecule has 1 aromatic rings. The SMILES string of the molecule is [N-]=[N+]=NCCOCCOCCOCCOCCOCCOCCNc1ccc([N+](=O)[O-])cc1[N+](=O)[O-]. The summed E-state index contributed by atoms with van der Waals surface area (Å²) in [7, 11) is 0. The molecule has 0 aliphatic heterocycles. The van der Waals surface area contributed by atoms with Gasteiger partial charge in [0.25, 0.3) is 11.4 Å². The predicted octanol–water partition coefficient (Wildman–Crippen LogP) is 2.32. The van der Waals surface area contributed by atoms with Crippen LogP contribution in [0.3, 0.4) is 0 Å². The molecule has 0 fully saturated rings. The summed E-state index contributed by atoms with van der Waals surface area (Å²) in [6.07, 6.45) is 0. The molecule has 202 valence electrons. The van der Waals surface area contributed by atoms with E-state index in [-0.39, 0.29) is 23.7 Å². The van der Waals surface area contributed by atoms with Gasteiger partial charge in [0.15, 0.2) is 0 Å². The van der Waals surface area contributed by atoms with Gasteiger partial charge in [-0.15, -0.1) is 0 Å². The van der Waals surface area contributed by atoms with Crippen molar-refractivity contribution in [3.05, 3.63) is 48.9 Å². The lowest BCUT2D eigenvalue weighted by Crippen LogP contribution is -2.15. The number of anilines is 1. The van der Waals surface area contributed by atoms with E-state index >= 15 is 0 Å². The van der Waals surface area contributed by atoms with Crippen molar-refractivity contribution in [2.45, 2.75) is 0 Å². The Bertz CT molecular complexity index is 809. The van der Waals surface area contributed by atoms with Crippen molar-refractivity contribution in [2.24, 2.45) is 5.11 Å². The normalized spacial score (nSPS) is 10.7. The molecule has 0 heterocycles. The van der Waals surface area contributed by atoms with Crippen LogP contribution in [-0.2, 0) is 28.4 Å². The minimum atomic E-state index is -0.685. The number of rotatable bonds is 24. The molecule has 0 aliphatic rings. The van der Waals surface area contributed by atoms with Gasteiger partial charge in [0.05, 0.1) is 95.2 Å². The highest BCUT2D eigenvalue weighted by Crippen LogP contribution is 2.28. The summed E-state index contributed by atoms with van der Waals surface area (Å²) in [5.74, 6) is 0. The highest BCUT2D eigenvalue weighted by Gasteiger charge is 2.18. The van der Waals surface area contributed by atoms with Gasteiger partial charge in [0.1, 0.15) is 5.69 Å². The minimum Gasteiger partial charge on any atom is -0.379 e. The number of nitrogens with one attached hydrogen (secondary N) is 1. The molecule has 16 heteroatoms. The lowest BCUT2D eigenvalue weighted by molar-refractivity contribution is -0.393. The average molecular weight is 517 g/mol. The Hall–Kier alpha value is -3.11. The number of azide groups is 1. The van der Waals surface area contributed by atoms with Crippen LogP contribution < -0.4 is 5.32 Å². The Morgan fingerprint density at radius 3 is 1.67 bits per heavy atom. The maximum Gasteiger partial charge on any atom is 0.299 e. The molecule has 1 rings (SSSR count). The second kappa shape index (κ2) is 21.2.